The number of hydrogen-bond acceptors (Lipinski definition) is 3. The third-order valence-corrected chi connectivity index (χ3v) is 3.85. The molecule has 0 aliphatic heterocycles. The van der Waals surface area contributed by atoms with E-state index in [1.54, 1.807) is 0 Å². The molecule has 0 saturated heterocycles. The number of carbonyl (C=O) groups is 1. The van der Waals surface area contributed by atoms with Crippen molar-refractivity contribution in [3.8, 4) is 0 Å². The van der Waals surface area contributed by atoms with Gasteiger partial charge in [0.2, 0.25) is 0 Å². The summed E-state index contributed by atoms with van der Waals surface area (Å²) in [4.78, 5) is 11.5. The van der Waals surface area contributed by atoms with Crippen LogP contribution >= 0.6 is 0 Å². The molecule has 2 rings (SSSR count). The Labute approximate surface area is 127 Å². The molecular formula is C18H24O3. The molecule has 1 aliphatic rings. The second-order valence-corrected chi connectivity index (χ2v) is 5.61. The SMILES string of the molecule is CCCCOC(=O)OC1=CCC(c2ccc(C)cc2)CC1. The van der Waals surface area contributed by atoms with E-state index < -0.39 is 6.16 Å². The number of benzene rings is 1. The smallest absolute Gasteiger partial charge is 0.434 e. The molecule has 0 N–H and O–H groups in total. The van der Waals surface area contributed by atoms with Crippen LogP contribution < -0.4 is 0 Å². The Morgan fingerprint density at radius 3 is 2.67 bits per heavy atom. The van der Waals surface area contributed by atoms with Gasteiger partial charge in [-0.25, -0.2) is 4.79 Å². The van der Waals surface area contributed by atoms with Crippen LogP contribution in [0.4, 0.5) is 4.79 Å². The van der Waals surface area contributed by atoms with Crippen LogP contribution in [0.25, 0.3) is 0 Å². The molecule has 0 saturated carbocycles. The summed E-state index contributed by atoms with van der Waals surface area (Å²) in [5, 5.41) is 0. The summed E-state index contributed by atoms with van der Waals surface area (Å²) in [5.74, 6) is 1.27. The van der Waals surface area contributed by atoms with Gasteiger partial charge in [-0.3, -0.25) is 0 Å². The summed E-state index contributed by atoms with van der Waals surface area (Å²) in [6, 6.07) is 8.68. The van der Waals surface area contributed by atoms with Gasteiger partial charge in [-0.1, -0.05) is 43.2 Å². The molecule has 1 aliphatic carbocycles. The molecule has 3 heteroatoms. The minimum Gasteiger partial charge on any atom is -0.434 e. The van der Waals surface area contributed by atoms with Crippen LogP contribution in [-0.2, 0) is 9.47 Å². The summed E-state index contributed by atoms with van der Waals surface area (Å²) in [5.41, 5.74) is 2.64. The number of allylic oxidation sites excluding steroid dienone is 2. The first kappa shape index (κ1) is 15.6. The topological polar surface area (TPSA) is 35.5 Å². The maximum absolute atomic E-state index is 11.5. The quantitative estimate of drug-likeness (QED) is 0.558. The van der Waals surface area contributed by atoms with Crippen molar-refractivity contribution < 1.29 is 14.3 Å². The number of unbranched alkanes of at least 4 members (excludes halogenated alkanes) is 1. The zero-order valence-electron chi connectivity index (χ0n) is 12.9. The van der Waals surface area contributed by atoms with E-state index in [4.69, 9.17) is 9.47 Å². The molecule has 1 unspecified atom stereocenters. The molecule has 0 spiro atoms. The lowest BCUT2D eigenvalue weighted by Gasteiger charge is -2.21. The van der Waals surface area contributed by atoms with E-state index in [2.05, 4.69) is 38.1 Å². The van der Waals surface area contributed by atoms with Gasteiger partial charge in [0.1, 0.15) is 5.76 Å². The van der Waals surface area contributed by atoms with Crippen LogP contribution in [0.1, 0.15) is 56.1 Å². The van der Waals surface area contributed by atoms with Crippen molar-refractivity contribution in [1.82, 2.24) is 0 Å². The second kappa shape index (κ2) is 7.87. The highest BCUT2D eigenvalue weighted by atomic mass is 16.7. The molecule has 0 heterocycles. The van der Waals surface area contributed by atoms with Gasteiger partial charge in [0.05, 0.1) is 6.61 Å². The highest BCUT2D eigenvalue weighted by Gasteiger charge is 2.19. The summed E-state index contributed by atoms with van der Waals surface area (Å²) < 4.78 is 10.2. The fraction of sp³-hybridized carbons (Fsp3) is 0.500. The molecule has 1 aromatic carbocycles. The summed E-state index contributed by atoms with van der Waals surface area (Å²) in [6.45, 7) is 4.60. The summed E-state index contributed by atoms with van der Waals surface area (Å²) in [6.07, 6.45) is 6.06. The number of ether oxygens (including phenoxy) is 2. The fourth-order valence-corrected chi connectivity index (χ4v) is 2.48. The van der Waals surface area contributed by atoms with Gasteiger partial charge in [-0.05, 0) is 43.7 Å². The zero-order valence-corrected chi connectivity index (χ0v) is 12.9. The van der Waals surface area contributed by atoms with E-state index in [0.717, 1.165) is 37.9 Å². The normalized spacial score (nSPS) is 18.0. The first-order valence-corrected chi connectivity index (χ1v) is 7.79. The monoisotopic (exact) mass is 288 g/mol. The number of carbonyl (C=O) groups excluding carboxylic acids is 1. The van der Waals surface area contributed by atoms with Crippen LogP contribution in [0.5, 0.6) is 0 Å². The average Bonchev–Trinajstić information content (AvgIpc) is 2.49. The first-order chi connectivity index (χ1) is 10.2. The highest BCUT2D eigenvalue weighted by Crippen LogP contribution is 2.32. The molecule has 1 atom stereocenters. The van der Waals surface area contributed by atoms with Crippen molar-refractivity contribution in [2.45, 2.75) is 51.9 Å². The van der Waals surface area contributed by atoms with Crippen LogP contribution in [0.3, 0.4) is 0 Å². The first-order valence-electron chi connectivity index (χ1n) is 7.79. The van der Waals surface area contributed by atoms with Crippen molar-refractivity contribution in [2.24, 2.45) is 0 Å². The minimum absolute atomic E-state index is 0.439. The molecule has 0 fully saturated rings. The van der Waals surface area contributed by atoms with Crippen molar-refractivity contribution in [1.29, 1.82) is 0 Å². The van der Waals surface area contributed by atoms with Gasteiger partial charge in [0, 0.05) is 6.42 Å². The Morgan fingerprint density at radius 2 is 2.05 bits per heavy atom. The molecular weight excluding hydrogens is 264 g/mol. The predicted octanol–water partition coefficient (Wildman–Crippen LogP) is 5.10. The van der Waals surface area contributed by atoms with Crippen LogP contribution in [0, 0.1) is 6.92 Å². The molecule has 114 valence electrons. The van der Waals surface area contributed by atoms with Gasteiger partial charge in [0.15, 0.2) is 0 Å². The third-order valence-electron chi connectivity index (χ3n) is 3.85. The molecule has 3 nitrogen and oxygen atoms in total. The Bertz CT molecular complexity index is 488. The Kier molecular flexibility index (Phi) is 5.85. The van der Waals surface area contributed by atoms with E-state index in [1.807, 2.05) is 6.08 Å². The second-order valence-electron chi connectivity index (χ2n) is 5.61. The van der Waals surface area contributed by atoms with Gasteiger partial charge in [0.25, 0.3) is 0 Å². The largest absolute Gasteiger partial charge is 0.513 e. The lowest BCUT2D eigenvalue weighted by atomic mass is 9.87. The van der Waals surface area contributed by atoms with Crippen LogP contribution in [0.2, 0.25) is 0 Å². The number of aryl methyl sites for hydroxylation is 1. The molecule has 0 amide bonds. The van der Waals surface area contributed by atoms with E-state index in [0.29, 0.717) is 12.5 Å². The molecule has 0 bridgehead atoms. The lowest BCUT2D eigenvalue weighted by molar-refractivity contribution is 0.0726. The van der Waals surface area contributed by atoms with Crippen molar-refractivity contribution >= 4 is 6.16 Å². The fourth-order valence-electron chi connectivity index (χ4n) is 2.48. The van der Waals surface area contributed by atoms with E-state index in [1.165, 1.54) is 11.1 Å². The van der Waals surface area contributed by atoms with E-state index in [-0.39, 0.29) is 0 Å². The summed E-state index contributed by atoms with van der Waals surface area (Å²) >= 11 is 0. The molecule has 21 heavy (non-hydrogen) atoms. The van der Waals surface area contributed by atoms with Crippen LogP contribution in [0.15, 0.2) is 36.1 Å². The van der Waals surface area contributed by atoms with Crippen LogP contribution in [-0.4, -0.2) is 12.8 Å². The molecule has 1 aromatic rings. The standard InChI is InChI=1S/C18H24O3/c1-3-4-13-20-18(19)21-17-11-9-16(10-12-17)15-7-5-14(2)6-8-15/h5-8,11,16H,3-4,9-10,12-13H2,1-2H3. The minimum atomic E-state index is -0.566. The van der Waals surface area contributed by atoms with Crippen molar-refractivity contribution in [2.75, 3.05) is 6.61 Å². The van der Waals surface area contributed by atoms with Crippen molar-refractivity contribution in [3.05, 3.63) is 47.2 Å². The zero-order chi connectivity index (χ0) is 15.1. The average molecular weight is 288 g/mol. The predicted molar refractivity (Wildman–Crippen MR) is 83.2 cm³/mol. The highest BCUT2D eigenvalue weighted by molar-refractivity contribution is 5.61. The van der Waals surface area contributed by atoms with E-state index >= 15 is 0 Å². The Hall–Kier alpha value is -1.77. The Balaban J connectivity index is 1.81. The van der Waals surface area contributed by atoms with Gasteiger partial charge < -0.3 is 9.47 Å². The van der Waals surface area contributed by atoms with Crippen molar-refractivity contribution in [3.63, 3.8) is 0 Å². The number of hydrogen-bond donors (Lipinski definition) is 0. The van der Waals surface area contributed by atoms with Gasteiger partial charge in [-0.15, -0.1) is 0 Å². The number of rotatable bonds is 5. The third kappa shape index (κ3) is 4.92. The lowest BCUT2D eigenvalue weighted by Crippen LogP contribution is -2.12. The molecule has 0 aromatic heterocycles. The van der Waals surface area contributed by atoms with Gasteiger partial charge >= 0.3 is 6.16 Å². The van der Waals surface area contributed by atoms with Gasteiger partial charge in [-0.2, -0.15) is 0 Å². The maximum Gasteiger partial charge on any atom is 0.513 e. The van der Waals surface area contributed by atoms with E-state index in [9.17, 15) is 4.79 Å². The Morgan fingerprint density at radius 1 is 1.29 bits per heavy atom. The summed E-state index contributed by atoms with van der Waals surface area (Å²) in [7, 11) is 0. The molecule has 0 radical (unpaired) electrons. The maximum atomic E-state index is 11.5.